The minimum absolute atomic E-state index is 0.167. The Balaban J connectivity index is 1.85. The van der Waals surface area contributed by atoms with Crippen LogP contribution in [0.4, 0.5) is 18.9 Å². The van der Waals surface area contributed by atoms with Gasteiger partial charge in [0.05, 0.1) is 46.0 Å². The summed E-state index contributed by atoms with van der Waals surface area (Å²) in [6, 6.07) is 11.5. The van der Waals surface area contributed by atoms with E-state index in [1.165, 1.54) is 51.5 Å². The molecule has 0 radical (unpaired) electrons. The number of amides is 2. The smallest absolute Gasteiger partial charge is 0.416 e. The number of carbonyl (C=O) groups is 2. The van der Waals surface area contributed by atoms with E-state index in [0.717, 1.165) is 12.1 Å². The molecule has 39 heavy (non-hydrogen) atoms. The van der Waals surface area contributed by atoms with Crippen LogP contribution in [0.15, 0.2) is 54.6 Å². The molecule has 3 aromatic rings. The number of hydrogen-bond donors (Lipinski definition) is 1. The number of halogens is 3. The number of rotatable bonds is 7. The summed E-state index contributed by atoms with van der Waals surface area (Å²) in [5.41, 5.74) is 0.519. The summed E-state index contributed by atoms with van der Waals surface area (Å²) in [7, 11) is 7.40. The van der Waals surface area contributed by atoms with Crippen molar-refractivity contribution in [2.75, 3.05) is 40.8 Å². The number of ether oxygens (including phenoxy) is 4. The Labute approximate surface area is 223 Å². The molecule has 2 amide bonds. The second-order valence-corrected chi connectivity index (χ2v) is 8.81. The Bertz CT molecular complexity index is 1390. The molecule has 0 fully saturated rings. The first kappa shape index (κ1) is 27.6. The van der Waals surface area contributed by atoms with E-state index in [9.17, 15) is 22.8 Å². The fraction of sp³-hybridized carbons (Fsp3) is 0.286. The molecule has 1 aliphatic rings. The number of carbonyl (C=O) groups excluding carboxylic acids is 2. The molecular weight excluding hydrogens is 517 g/mol. The lowest BCUT2D eigenvalue weighted by Gasteiger charge is -2.40. The second-order valence-electron chi connectivity index (χ2n) is 8.81. The fourth-order valence-electron chi connectivity index (χ4n) is 4.75. The first-order valence-corrected chi connectivity index (χ1v) is 11.8. The van der Waals surface area contributed by atoms with E-state index in [1.807, 2.05) is 0 Å². The number of hydrogen-bond acceptors (Lipinski definition) is 6. The average molecular weight is 545 g/mol. The molecule has 1 N–H and O–H groups in total. The van der Waals surface area contributed by atoms with Crippen LogP contribution in [0.3, 0.4) is 0 Å². The Morgan fingerprint density at radius 3 is 1.95 bits per heavy atom. The molecule has 0 bridgehead atoms. The lowest BCUT2D eigenvalue weighted by Crippen LogP contribution is -2.44. The predicted octanol–water partition coefficient (Wildman–Crippen LogP) is 5.29. The van der Waals surface area contributed by atoms with Gasteiger partial charge in [0.1, 0.15) is 0 Å². The number of methoxy groups -OCH3 is 4. The monoisotopic (exact) mass is 544 g/mol. The van der Waals surface area contributed by atoms with Crippen LogP contribution >= 0.6 is 0 Å². The largest absolute Gasteiger partial charge is 0.493 e. The zero-order valence-electron chi connectivity index (χ0n) is 21.9. The SMILES string of the molecule is COc1ccc(C2C(C(=O)Nc3ccc(C(F)(F)F)cc3)c3cc(OC)c(OC)cc3C(=O)N2C)cc1OC. The maximum Gasteiger partial charge on any atom is 0.416 e. The molecular formula is C28H27F3N2O6. The quantitative estimate of drug-likeness (QED) is 0.435. The highest BCUT2D eigenvalue weighted by Gasteiger charge is 2.44. The van der Waals surface area contributed by atoms with Crippen LogP contribution in [-0.4, -0.2) is 52.2 Å². The highest BCUT2D eigenvalue weighted by molar-refractivity contribution is 6.05. The van der Waals surface area contributed by atoms with Gasteiger partial charge in [-0.05, 0) is 59.7 Å². The Morgan fingerprint density at radius 2 is 1.38 bits per heavy atom. The van der Waals surface area contributed by atoms with Gasteiger partial charge >= 0.3 is 6.18 Å². The zero-order chi connectivity index (χ0) is 28.5. The summed E-state index contributed by atoms with van der Waals surface area (Å²) in [5, 5.41) is 2.71. The molecule has 0 saturated carbocycles. The van der Waals surface area contributed by atoms with Crippen molar-refractivity contribution in [3.8, 4) is 23.0 Å². The van der Waals surface area contributed by atoms with Crippen molar-refractivity contribution in [3.05, 3.63) is 76.9 Å². The normalized spacial score (nSPS) is 16.8. The zero-order valence-corrected chi connectivity index (χ0v) is 21.9. The highest BCUT2D eigenvalue weighted by atomic mass is 19.4. The molecule has 0 aliphatic carbocycles. The summed E-state index contributed by atoms with van der Waals surface area (Å²) < 4.78 is 60.7. The molecule has 1 aliphatic heterocycles. The minimum Gasteiger partial charge on any atom is -0.493 e. The van der Waals surface area contributed by atoms with Crippen LogP contribution in [0, 0.1) is 0 Å². The van der Waals surface area contributed by atoms with E-state index in [-0.39, 0.29) is 17.2 Å². The second kappa shape index (κ2) is 10.8. The lowest BCUT2D eigenvalue weighted by molar-refractivity contribution is -0.137. The summed E-state index contributed by atoms with van der Waals surface area (Å²) in [6.07, 6.45) is -4.51. The van der Waals surface area contributed by atoms with E-state index in [0.29, 0.717) is 34.1 Å². The number of benzene rings is 3. The van der Waals surface area contributed by atoms with Crippen LogP contribution in [0.1, 0.15) is 39.0 Å². The number of alkyl halides is 3. The molecule has 2 unspecified atom stereocenters. The van der Waals surface area contributed by atoms with Crippen molar-refractivity contribution in [1.29, 1.82) is 0 Å². The van der Waals surface area contributed by atoms with Crippen molar-refractivity contribution in [2.45, 2.75) is 18.1 Å². The van der Waals surface area contributed by atoms with Gasteiger partial charge in [0.25, 0.3) is 5.91 Å². The molecule has 4 rings (SSSR count). The van der Waals surface area contributed by atoms with Crippen molar-refractivity contribution >= 4 is 17.5 Å². The molecule has 0 saturated heterocycles. The van der Waals surface area contributed by atoms with Crippen LogP contribution < -0.4 is 24.3 Å². The van der Waals surface area contributed by atoms with Gasteiger partial charge in [0, 0.05) is 18.3 Å². The molecule has 0 aromatic heterocycles. The maximum atomic E-state index is 13.9. The summed E-state index contributed by atoms with van der Waals surface area (Å²) >= 11 is 0. The van der Waals surface area contributed by atoms with Gasteiger partial charge < -0.3 is 29.2 Å². The number of likely N-dealkylation sites (N-methyl/N-ethyl adjacent to an activating group) is 1. The van der Waals surface area contributed by atoms with Crippen LogP contribution in [0.25, 0.3) is 0 Å². The van der Waals surface area contributed by atoms with Gasteiger partial charge in [-0.3, -0.25) is 9.59 Å². The first-order valence-electron chi connectivity index (χ1n) is 11.8. The first-order chi connectivity index (χ1) is 18.5. The molecule has 8 nitrogen and oxygen atoms in total. The van der Waals surface area contributed by atoms with Gasteiger partial charge in [-0.2, -0.15) is 13.2 Å². The average Bonchev–Trinajstić information content (AvgIpc) is 2.93. The predicted molar refractivity (Wildman–Crippen MR) is 137 cm³/mol. The van der Waals surface area contributed by atoms with Gasteiger partial charge in [0.15, 0.2) is 23.0 Å². The van der Waals surface area contributed by atoms with Crippen LogP contribution in [0.2, 0.25) is 0 Å². The van der Waals surface area contributed by atoms with Crippen molar-refractivity contribution in [2.24, 2.45) is 0 Å². The molecule has 0 spiro atoms. The number of nitrogens with one attached hydrogen (secondary N) is 1. The number of fused-ring (bicyclic) bond motifs is 1. The van der Waals surface area contributed by atoms with E-state index in [4.69, 9.17) is 18.9 Å². The molecule has 2 atom stereocenters. The molecule has 1 heterocycles. The van der Waals surface area contributed by atoms with Gasteiger partial charge in [0.2, 0.25) is 5.91 Å². The van der Waals surface area contributed by atoms with Gasteiger partial charge in [-0.25, -0.2) is 0 Å². The number of anilines is 1. The van der Waals surface area contributed by atoms with E-state index >= 15 is 0 Å². The summed E-state index contributed by atoms with van der Waals surface area (Å²) in [6.45, 7) is 0. The third kappa shape index (κ3) is 5.16. The third-order valence-electron chi connectivity index (χ3n) is 6.69. The third-order valence-corrected chi connectivity index (χ3v) is 6.69. The van der Waals surface area contributed by atoms with E-state index in [1.54, 1.807) is 31.3 Å². The molecule has 3 aromatic carbocycles. The Kier molecular flexibility index (Phi) is 7.62. The van der Waals surface area contributed by atoms with Gasteiger partial charge in [-0.15, -0.1) is 0 Å². The topological polar surface area (TPSA) is 86.3 Å². The Hall–Kier alpha value is -4.41. The standard InChI is InChI=1S/C28H27F3N2O6/c1-33-25(15-6-11-20(36-2)21(12-15)37-3)24(18-13-22(38-4)23(39-5)14-19(18)27(33)35)26(34)32-17-9-7-16(8-10-17)28(29,30)31/h6-14,24-25H,1-5H3,(H,32,34). The van der Waals surface area contributed by atoms with Crippen LogP contribution in [-0.2, 0) is 11.0 Å². The number of nitrogens with zero attached hydrogens (tertiary/aromatic N) is 1. The molecule has 11 heteroatoms. The molecule has 206 valence electrons. The fourth-order valence-corrected chi connectivity index (χ4v) is 4.75. The maximum absolute atomic E-state index is 13.9. The van der Waals surface area contributed by atoms with Crippen molar-refractivity contribution in [3.63, 3.8) is 0 Å². The van der Waals surface area contributed by atoms with Crippen molar-refractivity contribution < 1.29 is 41.7 Å². The lowest BCUT2D eigenvalue weighted by atomic mass is 9.79. The van der Waals surface area contributed by atoms with Crippen molar-refractivity contribution in [1.82, 2.24) is 4.90 Å². The van der Waals surface area contributed by atoms with Crippen LogP contribution in [0.5, 0.6) is 23.0 Å². The van der Waals surface area contributed by atoms with E-state index < -0.39 is 29.6 Å². The summed E-state index contributed by atoms with van der Waals surface area (Å²) in [5.74, 6) is -0.398. The summed E-state index contributed by atoms with van der Waals surface area (Å²) in [4.78, 5) is 28.9. The van der Waals surface area contributed by atoms with E-state index in [2.05, 4.69) is 5.32 Å². The van der Waals surface area contributed by atoms with Gasteiger partial charge in [-0.1, -0.05) is 6.07 Å². The highest BCUT2D eigenvalue weighted by Crippen LogP contribution is 2.47. The minimum atomic E-state index is -4.51. The Morgan fingerprint density at radius 1 is 0.821 bits per heavy atom.